The number of aryl methyl sites for hydroxylation is 2. The Morgan fingerprint density at radius 2 is 1.61 bits per heavy atom. The zero-order chi connectivity index (χ0) is 23.3. The van der Waals surface area contributed by atoms with Crippen LogP contribution in [0.2, 0.25) is 0 Å². The van der Waals surface area contributed by atoms with Gasteiger partial charge in [-0.1, -0.05) is 36.4 Å². The Hall–Kier alpha value is -4.32. The van der Waals surface area contributed by atoms with Gasteiger partial charge in [-0.15, -0.1) is 0 Å². The highest BCUT2D eigenvalue weighted by molar-refractivity contribution is 6.51. The fraction of sp³-hybridized carbons (Fsp3) is 0.111. The first-order valence-corrected chi connectivity index (χ1v) is 10.6. The predicted octanol–water partition coefficient (Wildman–Crippen LogP) is 5.12. The third-order valence-electron chi connectivity index (χ3n) is 5.98. The van der Waals surface area contributed by atoms with Gasteiger partial charge in [-0.3, -0.25) is 14.5 Å². The maximum Gasteiger partial charge on any atom is 0.300 e. The second-order valence-electron chi connectivity index (χ2n) is 8.35. The van der Waals surface area contributed by atoms with Crippen LogP contribution in [0.1, 0.15) is 28.3 Å². The van der Waals surface area contributed by atoms with E-state index >= 15 is 0 Å². The molecule has 5 rings (SSSR count). The lowest BCUT2D eigenvalue weighted by Gasteiger charge is -2.26. The topological polar surface area (TPSA) is 93.6 Å². The molecule has 0 radical (unpaired) electrons. The molecule has 1 saturated heterocycles. The lowest BCUT2D eigenvalue weighted by molar-refractivity contribution is -0.132. The first-order valence-electron chi connectivity index (χ1n) is 10.6. The van der Waals surface area contributed by atoms with Crippen LogP contribution in [0.3, 0.4) is 0 Å². The molecule has 3 N–H and O–H groups in total. The number of aromatic nitrogens is 1. The molecule has 1 atom stereocenters. The summed E-state index contributed by atoms with van der Waals surface area (Å²) in [7, 11) is 0. The summed E-state index contributed by atoms with van der Waals surface area (Å²) in [5, 5.41) is 21.9. The minimum Gasteiger partial charge on any atom is -0.508 e. The number of aromatic amines is 1. The molecule has 4 aromatic rings. The first kappa shape index (κ1) is 20.6. The first-order chi connectivity index (χ1) is 15.8. The molecule has 1 fully saturated rings. The van der Waals surface area contributed by atoms with Crippen LogP contribution in [-0.2, 0) is 9.59 Å². The number of aliphatic hydroxyl groups excluding tert-OH is 1. The fourth-order valence-electron chi connectivity index (χ4n) is 4.57. The van der Waals surface area contributed by atoms with Gasteiger partial charge in [0.1, 0.15) is 11.5 Å². The number of H-pyrrole nitrogens is 1. The van der Waals surface area contributed by atoms with Crippen molar-refractivity contribution in [2.75, 3.05) is 4.90 Å². The lowest BCUT2D eigenvalue weighted by atomic mass is 9.94. The van der Waals surface area contributed by atoms with Crippen molar-refractivity contribution in [2.45, 2.75) is 19.9 Å². The summed E-state index contributed by atoms with van der Waals surface area (Å²) in [6.45, 7) is 3.85. The Balaban J connectivity index is 1.77. The number of carbonyl (C=O) groups is 2. The van der Waals surface area contributed by atoms with Crippen LogP contribution in [0, 0.1) is 13.8 Å². The number of amides is 1. The number of aliphatic hydroxyl groups is 1. The number of rotatable bonds is 3. The molecular weight excluding hydrogens is 416 g/mol. The number of ketones is 1. The molecule has 6 nitrogen and oxygen atoms in total. The molecule has 0 aliphatic carbocycles. The second-order valence-corrected chi connectivity index (χ2v) is 8.35. The second kappa shape index (κ2) is 7.67. The fourth-order valence-corrected chi connectivity index (χ4v) is 4.57. The van der Waals surface area contributed by atoms with E-state index in [1.165, 1.54) is 17.0 Å². The van der Waals surface area contributed by atoms with Gasteiger partial charge in [0.05, 0.1) is 11.6 Å². The van der Waals surface area contributed by atoms with Gasteiger partial charge in [-0.2, -0.15) is 0 Å². The standard InChI is InChI=1S/C27H22N2O4/c1-15-11-16(2)13-18(12-15)29-24(17-7-9-19(30)10-8-17)23(26(32)27(29)33)25(31)21-14-28-22-6-4-3-5-20(21)22/h3-14,24,28,30-31H,1-2H3/b25-23-. The number of phenols is 1. The molecule has 1 aliphatic heterocycles. The van der Waals surface area contributed by atoms with Gasteiger partial charge in [0.25, 0.3) is 11.7 Å². The van der Waals surface area contributed by atoms with Crippen molar-refractivity contribution in [1.29, 1.82) is 0 Å². The van der Waals surface area contributed by atoms with Crippen molar-refractivity contribution < 1.29 is 19.8 Å². The number of nitrogens with zero attached hydrogens (tertiary/aromatic N) is 1. The van der Waals surface area contributed by atoms with Gasteiger partial charge in [0.15, 0.2) is 0 Å². The van der Waals surface area contributed by atoms with Crippen LogP contribution in [0.25, 0.3) is 16.7 Å². The molecule has 33 heavy (non-hydrogen) atoms. The Kier molecular flexibility index (Phi) is 4.78. The SMILES string of the molecule is Cc1cc(C)cc(N2C(=O)C(=O)/C(=C(\O)c3c[nH]c4ccccc34)C2c2ccc(O)cc2)c1. The van der Waals surface area contributed by atoms with Crippen molar-refractivity contribution in [2.24, 2.45) is 0 Å². The van der Waals surface area contributed by atoms with Gasteiger partial charge in [-0.05, 0) is 60.9 Å². The van der Waals surface area contributed by atoms with E-state index in [4.69, 9.17) is 0 Å². The van der Waals surface area contributed by atoms with Gasteiger partial charge < -0.3 is 15.2 Å². The summed E-state index contributed by atoms with van der Waals surface area (Å²) in [5.41, 5.74) is 4.35. The molecule has 0 saturated carbocycles. The molecule has 1 aliphatic rings. The summed E-state index contributed by atoms with van der Waals surface area (Å²) in [5.74, 6) is -1.64. The summed E-state index contributed by atoms with van der Waals surface area (Å²) in [6, 6.07) is 18.6. The van der Waals surface area contributed by atoms with Crippen molar-refractivity contribution in [3.63, 3.8) is 0 Å². The van der Waals surface area contributed by atoms with E-state index in [9.17, 15) is 19.8 Å². The number of anilines is 1. The highest BCUT2D eigenvalue weighted by atomic mass is 16.3. The molecule has 1 unspecified atom stereocenters. The molecule has 0 spiro atoms. The van der Waals surface area contributed by atoms with Crippen molar-refractivity contribution >= 4 is 34.0 Å². The number of fused-ring (bicyclic) bond motifs is 1. The van der Waals surface area contributed by atoms with E-state index in [1.54, 1.807) is 18.3 Å². The van der Waals surface area contributed by atoms with E-state index in [0.717, 1.165) is 22.0 Å². The Morgan fingerprint density at radius 3 is 2.30 bits per heavy atom. The lowest BCUT2D eigenvalue weighted by Crippen LogP contribution is -2.29. The van der Waals surface area contributed by atoms with Crippen molar-refractivity contribution in [3.05, 3.63) is 101 Å². The Morgan fingerprint density at radius 1 is 0.939 bits per heavy atom. The normalized spacial score (nSPS) is 17.8. The van der Waals surface area contributed by atoms with Crippen LogP contribution in [0.4, 0.5) is 5.69 Å². The molecule has 1 amide bonds. The number of carbonyl (C=O) groups excluding carboxylic acids is 2. The molecule has 1 aromatic heterocycles. The Bertz CT molecular complexity index is 1430. The van der Waals surface area contributed by atoms with E-state index in [2.05, 4.69) is 4.98 Å². The zero-order valence-corrected chi connectivity index (χ0v) is 18.2. The summed E-state index contributed by atoms with van der Waals surface area (Å²) < 4.78 is 0. The number of hydrogen-bond acceptors (Lipinski definition) is 4. The Labute approximate surface area is 190 Å². The summed E-state index contributed by atoms with van der Waals surface area (Å²) in [4.78, 5) is 31.1. The van der Waals surface area contributed by atoms with E-state index in [1.807, 2.05) is 56.3 Å². The molecule has 0 bridgehead atoms. The van der Waals surface area contributed by atoms with Gasteiger partial charge in [0.2, 0.25) is 0 Å². The third kappa shape index (κ3) is 3.36. The maximum absolute atomic E-state index is 13.3. The third-order valence-corrected chi connectivity index (χ3v) is 5.98. The van der Waals surface area contributed by atoms with Gasteiger partial charge in [0, 0.05) is 28.4 Å². The molecular formula is C27H22N2O4. The van der Waals surface area contributed by atoms with Crippen LogP contribution < -0.4 is 4.90 Å². The van der Waals surface area contributed by atoms with Crippen LogP contribution in [-0.4, -0.2) is 26.9 Å². The summed E-state index contributed by atoms with van der Waals surface area (Å²) in [6.07, 6.45) is 1.64. The number of aromatic hydroxyl groups is 1. The minimum absolute atomic E-state index is 0.00889. The molecule has 164 valence electrons. The number of benzene rings is 3. The smallest absolute Gasteiger partial charge is 0.300 e. The zero-order valence-electron chi connectivity index (χ0n) is 18.2. The number of phenolic OH excluding ortho intramolecular Hbond substituents is 1. The highest BCUT2D eigenvalue weighted by Crippen LogP contribution is 2.43. The van der Waals surface area contributed by atoms with Crippen LogP contribution in [0.5, 0.6) is 5.75 Å². The summed E-state index contributed by atoms with van der Waals surface area (Å²) >= 11 is 0. The average molecular weight is 438 g/mol. The number of hydrogen-bond donors (Lipinski definition) is 3. The van der Waals surface area contributed by atoms with Gasteiger partial charge >= 0.3 is 0 Å². The van der Waals surface area contributed by atoms with Crippen LogP contribution >= 0.6 is 0 Å². The van der Waals surface area contributed by atoms with E-state index in [-0.39, 0.29) is 17.1 Å². The predicted molar refractivity (Wildman–Crippen MR) is 127 cm³/mol. The quantitative estimate of drug-likeness (QED) is 0.235. The monoisotopic (exact) mass is 438 g/mol. The van der Waals surface area contributed by atoms with E-state index in [0.29, 0.717) is 16.8 Å². The maximum atomic E-state index is 13.3. The minimum atomic E-state index is -0.847. The molecule has 6 heteroatoms. The van der Waals surface area contributed by atoms with Gasteiger partial charge in [-0.25, -0.2) is 0 Å². The van der Waals surface area contributed by atoms with Crippen molar-refractivity contribution in [3.8, 4) is 5.75 Å². The van der Waals surface area contributed by atoms with Crippen molar-refractivity contribution in [1.82, 2.24) is 4.98 Å². The molecule has 3 aromatic carbocycles. The average Bonchev–Trinajstić information content (AvgIpc) is 3.33. The number of nitrogens with one attached hydrogen (secondary N) is 1. The number of Topliss-reactive ketones (excluding diaryl/α,β-unsaturated/α-hetero) is 1. The number of para-hydroxylation sites is 1. The largest absolute Gasteiger partial charge is 0.508 e. The van der Waals surface area contributed by atoms with E-state index < -0.39 is 17.7 Å². The molecule has 2 heterocycles. The highest BCUT2D eigenvalue weighted by Gasteiger charge is 2.47. The van der Waals surface area contributed by atoms with Crippen LogP contribution in [0.15, 0.2) is 78.5 Å².